The van der Waals surface area contributed by atoms with Crippen molar-refractivity contribution in [1.82, 2.24) is 15.1 Å². The largest absolute Gasteiger partial charge is 0.358 e. The molecule has 3 rings (SSSR count). The molecule has 1 amide bonds. The number of nitrogens with one attached hydrogen (secondary N) is 1. The Morgan fingerprint density at radius 3 is 2.85 bits per heavy atom. The summed E-state index contributed by atoms with van der Waals surface area (Å²) in [6.07, 6.45) is 1.00. The highest BCUT2D eigenvalue weighted by Gasteiger charge is 2.46. The molecule has 20 heavy (non-hydrogen) atoms. The van der Waals surface area contributed by atoms with E-state index in [1.807, 2.05) is 11.3 Å². The number of carbonyl (C=O) groups excluding carboxylic acids is 1. The normalized spacial score (nSPS) is 30.6. The molecule has 3 atom stereocenters. The molecule has 2 aliphatic rings. The summed E-state index contributed by atoms with van der Waals surface area (Å²) in [4.78, 5) is 19.5. The van der Waals surface area contributed by atoms with E-state index in [-0.39, 0.29) is 11.9 Å². The Morgan fingerprint density at radius 2 is 2.25 bits per heavy atom. The van der Waals surface area contributed by atoms with E-state index in [4.69, 9.17) is 0 Å². The van der Waals surface area contributed by atoms with Crippen molar-refractivity contribution in [2.45, 2.75) is 32.0 Å². The Hall–Kier alpha value is -0.910. The minimum Gasteiger partial charge on any atom is -0.358 e. The maximum Gasteiger partial charge on any atom is 0.237 e. The number of nitrogens with zero attached hydrogens (tertiary/aromatic N) is 2. The SMILES string of the molecule is CNC(=O)[C@H]1C[C@@H]2CN(Cc3ccc(C)s3)C[C@@H]2N1C. The zero-order valence-electron chi connectivity index (χ0n) is 12.4. The summed E-state index contributed by atoms with van der Waals surface area (Å²) in [6, 6.07) is 5.05. The van der Waals surface area contributed by atoms with E-state index in [0.29, 0.717) is 12.0 Å². The van der Waals surface area contributed by atoms with E-state index in [1.54, 1.807) is 7.05 Å². The summed E-state index contributed by atoms with van der Waals surface area (Å²) in [5.74, 6) is 0.811. The van der Waals surface area contributed by atoms with Crippen molar-refractivity contribution in [1.29, 1.82) is 0 Å². The molecular weight excluding hydrogens is 270 g/mol. The van der Waals surface area contributed by atoms with Gasteiger partial charge in [0.2, 0.25) is 5.91 Å². The minimum atomic E-state index is 0.0705. The lowest BCUT2D eigenvalue weighted by atomic mass is 10.0. The van der Waals surface area contributed by atoms with Crippen LogP contribution in [0.25, 0.3) is 0 Å². The van der Waals surface area contributed by atoms with Gasteiger partial charge in [-0.3, -0.25) is 14.6 Å². The molecule has 2 fully saturated rings. The topological polar surface area (TPSA) is 35.6 Å². The minimum absolute atomic E-state index is 0.0705. The van der Waals surface area contributed by atoms with Crippen LogP contribution in [0.1, 0.15) is 16.2 Å². The van der Waals surface area contributed by atoms with E-state index in [1.165, 1.54) is 9.75 Å². The van der Waals surface area contributed by atoms with Gasteiger partial charge in [0.15, 0.2) is 0 Å². The Balaban J connectivity index is 1.61. The summed E-state index contributed by atoms with van der Waals surface area (Å²) < 4.78 is 0. The Morgan fingerprint density at radius 1 is 1.45 bits per heavy atom. The Kier molecular flexibility index (Phi) is 3.84. The first-order chi connectivity index (χ1) is 9.58. The fourth-order valence-corrected chi connectivity index (χ4v) is 4.63. The lowest BCUT2D eigenvalue weighted by molar-refractivity contribution is -0.125. The summed E-state index contributed by atoms with van der Waals surface area (Å²) in [5.41, 5.74) is 0. The maximum absolute atomic E-state index is 11.9. The van der Waals surface area contributed by atoms with Gasteiger partial charge in [0.1, 0.15) is 0 Å². The zero-order chi connectivity index (χ0) is 14.3. The van der Waals surface area contributed by atoms with Gasteiger partial charge < -0.3 is 5.32 Å². The Labute approximate surface area is 124 Å². The second kappa shape index (κ2) is 5.47. The van der Waals surface area contributed by atoms with Crippen molar-refractivity contribution in [2.24, 2.45) is 5.92 Å². The highest BCUT2D eigenvalue weighted by molar-refractivity contribution is 7.11. The van der Waals surface area contributed by atoms with Crippen LogP contribution in [-0.2, 0) is 11.3 Å². The van der Waals surface area contributed by atoms with Crippen LogP contribution in [0.15, 0.2) is 12.1 Å². The van der Waals surface area contributed by atoms with Crippen LogP contribution in [0.3, 0.4) is 0 Å². The number of hydrogen-bond donors (Lipinski definition) is 1. The number of aryl methyl sites for hydroxylation is 1. The van der Waals surface area contributed by atoms with Crippen LogP contribution < -0.4 is 5.32 Å². The summed E-state index contributed by atoms with van der Waals surface area (Å²) in [7, 11) is 3.83. The lowest BCUT2D eigenvalue weighted by Gasteiger charge is -2.25. The molecule has 3 heterocycles. The molecule has 1 N–H and O–H groups in total. The lowest BCUT2D eigenvalue weighted by Crippen LogP contribution is -2.44. The number of rotatable bonds is 3. The monoisotopic (exact) mass is 293 g/mol. The first-order valence-electron chi connectivity index (χ1n) is 7.29. The van der Waals surface area contributed by atoms with Crippen molar-refractivity contribution in [3.63, 3.8) is 0 Å². The van der Waals surface area contributed by atoms with Crippen molar-refractivity contribution < 1.29 is 4.79 Å². The number of fused-ring (bicyclic) bond motifs is 1. The number of carbonyl (C=O) groups is 1. The molecule has 2 aliphatic heterocycles. The second-order valence-electron chi connectivity index (χ2n) is 6.07. The summed E-state index contributed by atoms with van der Waals surface area (Å²) >= 11 is 1.89. The fourth-order valence-electron chi connectivity index (χ4n) is 3.70. The fraction of sp³-hybridized carbons (Fsp3) is 0.667. The molecule has 0 aliphatic carbocycles. The van der Waals surface area contributed by atoms with Gasteiger partial charge in [0.05, 0.1) is 6.04 Å². The molecule has 1 aromatic heterocycles. The van der Waals surface area contributed by atoms with Gasteiger partial charge in [0, 0.05) is 42.5 Å². The van der Waals surface area contributed by atoms with Gasteiger partial charge in [-0.15, -0.1) is 11.3 Å². The molecule has 0 bridgehead atoms. The van der Waals surface area contributed by atoms with Crippen LogP contribution in [0.5, 0.6) is 0 Å². The molecule has 0 unspecified atom stereocenters. The van der Waals surface area contributed by atoms with Crippen LogP contribution in [0.4, 0.5) is 0 Å². The predicted octanol–water partition coefficient (Wildman–Crippen LogP) is 1.31. The van der Waals surface area contributed by atoms with Gasteiger partial charge >= 0.3 is 0 Å². The van der Waals surface area contributed by atoms with E-state index in [9.17, 15) is 4.79 Å². The highest BCUT2D eigenvalue weighted by atomic mass is 32.1. The molecule has 2 saturated heterocycles. The third kappa shape index (κ3) is 2.50. The van der Waals surface area contributed by atoms with Crippen molar-refractivity contribution in [3.05, 3.63) is 21.9 Å². The van der Waals surface area contributed by atoms with E-state index in [2.05, 4.69) is 41.2 Å². The van der Waals surface area contributed by atoms with E-state index >= 15 is 0 Å². The summed E-state index contributed by atoms with van der Waals surface area (Å²) in [6.45, 7) is 5.43. The van der Waals surface area contributed by atoms with E-state index in [0.717, 1.165) is 26.1 Å². The standard InChI is InChI=1S/C15H23N3OS/c1-10-4-5-12(20-10)8-18-7-11-6-13(15(19)16-2)17(3)14(11)9-18/h4-5,11,13-14H,6-9H2,1-3H3,(H,16,19)/t11-,13-,14+/m1/s1. The third-order valence-electron chi connectivity index (χ3n) is 4.75. The quantitative estimate of drug-likeness (QED) is 0.913. The molecule has 0 saturated carbocycles. The maximum atomic E-state index is 11.9. The van der Waals surface area contributed by atoms with Crippen LogP contribution in [0.2, 0.25) is 0 Å². The number of amides is 1. The smallest absolute Gasteiger partial charge is 0.237 e. The van der Waals surface area contributed by atoms with E-state index < -0.39 is 0 Å². The molecule has 0 spiro atoms. The number of thiophene rings is 1. The van der Waals surface area contributed by atoms with Gasteiger partial charge in [-0.25, -0.2) is 0 Å². The number of likely N-dealkylation sites (N-methyl/N-ethyl adjacent to an activating group) is 2. The number of likely N-dealkylation sites (tertiary alicyclic amines) is 2. The highest BCUT2D eigenvalue weighted by Crippen LogP contribution is 2.35. The first-order valence-corrected chi connectivity index (χ1v) is 8.11. The van der Waals surface area contributed by atoms with Crippen LogP contribution >= 0.6 is 11.3 Å². The summed E-state index contributed by atoms with van der Waals surface area (Å²) in [5, 5.41) is 2.79. The molecular formula is C15H23N3OS. The molecule has 0 radical (unpaired) electrons. The van der Waals surface area contributed by atoms with Crippen molar-refractivity contribution >= 4 is 17.2 Å². The van der Waals surface area contributed by atoms with Gasteiger partial charge in [0.25, 0.3) is 0 Å². The number of hydrogen-bond acceptors (Lipinski definition) is 4. The molecule has 1 aromatic rings. The molecule has 110 valence electrons. The molecule has 4 nitrogen and oxygen atoms in total. The third-order valence-corrected chi connectivity index (χ3v) is 5.73. The Bertz CT molecular complexity index is 501. The van der Waals surface area contributed by atoms with Crippen molar-refractivity contribution in [2.75, 3.05) is 27.2 Å². The molecule has 5 heteroatoms. The van der Waals surface area contributed by atoms with Gasteiger partial charge in [-0.1, -0.05) is 0 Å². The first kappa shape index (κ1) is 14.0. The molecule has 0 aromatic carbocycles. The average molecular weight is 293 g/mol. The second-order valence-corrected chi connectivity index (χ2v) is 7.44. The zero-order valence-corrected chi connectivity index (χ0v) is 13.2. The van der Waals surface area contributed by atoms with Crippen LogP contribution in [0, 0.1) is 12.8 Å². The average Bonchev–Trinajstić information content (AvgIpc) is 3.07. The van der Waals surface area contributed by atoms with Crippen LogP contribution in [-0.4, -0.2) is 55.0 Å². The predicted molar refractivity (Wildman–Crippen MR) is 81.8 cm³/mol. The van der Waals surface area contributed by atoms with Gasteiger partial charge in [-0.05, 0) is 38.4 Å². The van der Waals surface area contributed by atoms with Crippen molar-refractivity contribution in [3.8, 4) is 0 Å². The van der Waals surface area contributed by atoms with Gasteiger partial charge in [-0.2, -0.15) is 0 Å².